The number of aliphatic carboxylic acids is 1. The van der Waals surface area contributed by atoms with Gasteiger partial charge in [-0.1, -0.05) is 0 Å². The number of alkyl halides is 2. The van der Waals surface area contributed by atoms with Crippen molar-refractivity contribution in [3.05, 3.63) is 0 Å². The summed E-state index contributed by atoms with van der Waals surface area (Å²) in [7, 11) is 1.50. The largest absolute Gasteiger partial charge is 0.477 e. The van der Waals surface area contributed by atoms with Crippen molar-refractivity contribution in [1.82, 2.24) is 5.32 Å². The molecular formula is C8H13F2NO3. The van der Waals surface area contributed by atoms with Crippen molar-refractivity contribution < 1.29 is 23.4 Å². The summed E-state index contributed by atoms with van der Waals surface area (Å²) in [5.74, 6) is -5.82. The molecule has 0 unspecified atom stereocenters. The molecule has 0 bridgehead atoms. The lowest BCUT2D eigenvalue weighted by Crippen LogP contribution is -2.42. The smallest absolute Gasteiger partial charge is 0.375 e. The number of carbonyl (C=O) groups is 1. The van der Waals surface area contributed by atoms with Gasteiger partial charge in [-0.05, 0) is 13.3 Å². The van der Waals surface area contributed by atoms with E-state index in [4.69, 9.17) is 9.84 Å². The second kappa shape index (κ2) is 3.43. The lowest BCUT2D eigenvalue weighted by Gasteiger charge is -2.14. The van der Waals surface area contributed by atoms with E-state index in [1.807, 2.05) is 0 Å². The minimum atomic E-state index is -3.71. The lowest BCUT2D eigenvalue weighted by atomic mass is 10.3. The van der Waals surface area contributed by atoms with Crippen LogP contribution in [0.4, 0.5) is 8.78 Å². The molecule has 2 N–H and O–H groups in total. The maximum Gasteiger partial charge on any atom is 0.375 e. The van der Waals surface area contributed by atoms with E-state index in [2.05, 4.69) is 5.32 Å². The lowest BCUT2D eigenvalue weighted by molar-refractivity contribution is -0.164. The molecule has 0 amide bonds. The number of halogens is 2. The van der Waals surface area contributed by atoms with Gasteiger partial charge in [0.25, 0.3) is 0 Å². The zero-order valence-corrected chi connectivity index (χ0v) is 8.01. The molecule has 0 aliphatic heterocycles. The number of carboxylic acid groups (broad SMARTS) is 1. The number of nitrogens with one attached hydrogen (secondary N) is 1. The number of methoxy groups -OCH3 is 1. The third-order valence-corrected chi connectivity index (χ3v) is 2.54. The Morgan fingerprint density at radius 2 is 2.36 bits per heavy atom. The van der Waals surface area contributed by atoms with Crippen molar-refractivity contribution in [1.29, 1.82) is 0 Å². The minimum absolute atomic E-state index is 0.183. The Kier molecular flexibility index (Phi) is 2.78. The molecule has 2 atom stereocenters. The van der Waals surface area contributed by atoms with Gasteiger partial charge < -0.3 is 15.2 Å². The van der Waals surface area contributed by atoms with Crippen LogP contribution in [0.5, 0.6) is 0 Å². The Morgan fingerprint density at radius 1 is 1.79 bits per heavy atom. The van der Waals surface area contributed by atoms with Crippen molar-refractivity contribution in [3.63, 3.8) is 0 Å². The summed E-state index contributed by atoms with van der Waals surface area (Å²) in [6.45, 7) is 0.926. The van der Waals surface area contributed by atoms with Crippen LogP contribution >= 0.6 is 0 Å². The molecule has 0 radical (unpaired) electrons. The summed E-state index contributed by atoms with van der Waals surface area (Å²) in [6.07, 6.45) is 0.624. The van der Waals surface area contributed by atoms with E-state index in [-0.39, 0.29) is 6.04 Å². The van der Waals surface area contributed by atoms with Gasteiger partial charge in [0.1, 0.15) is 0 Å². The van der Waals surface area contributed by atoms with E-state index in [0.29, 0.717) is 6.42 Å². The van der Waals surface area contributed by atoms with Gasteiger partial charge in [0.15, 0.2) is 0 Å². The highest BCUT2D eigenvalue weighted by Gasteiger charge is 2.52. The molecule has 1 fully saturated rings. The number of rotatable bonds is 5. The molecule has 1 aliphatic carbocycles. The summed E-state index contributed by atoms with van der Waals surface area (Å²) in [5, 5.41) is 10.6. The van der Waals surface area contributed by atoms with E-state index in [1.165, 1.54) is 7.11 Å². The van der Waals surface area contributed by atoms with Crippen LogP contribution in [0.15, 0.2) is 0 Å². The average Bonchev–Trinajstić information content (AvgIpc) is 2.75. The van der Waals surface area contributed by atoms with Crippen molar-refractivity contribution in [2.24, 2.45) is 0 Å². The molecule has 1 aliphatic rings. The average molecular weight is 209 g/mol. The first-order valence-electron chi connectivity index (χ1n) is 4.21. The number of ether oxygens (including phenoxy) is 1. The number of carboxylic acids is 1. The summed E-state index contributed by atoms with van der Waals surface area (Å²) < 4.78 is 30.2. The van der Waals surface area contributed by atoms with Crippen LogP contribution in [0, 0.1) is 0 Å². The third kappa shape index (κ3) is 2.19. The Hall–Kier alpha value is -0.750. The fourth-order valence-corrected chi connectivity index (χ4v) is 1.19. The molecule has 0 aromatic heterocycles. The minimum Gasteiger partial charge on any atom is -0.477 e. The van der Waals surface area contributed by atoms with E-state index in [9.17, 15) is 13.6 Å². The van der Waals surface area contributed by atoms with Crippen LogP contribution < -0.4 is 5.32 Å². The SMILES string of the molecule is CO[C@@]1(C)C[C@H]1NCC(F)(F)C(=O)O. The number of hydrogen-bond donors (Lipinski definition) is 2. The molecule has 14 heavy (non-hydrogen) atoms. The van der Waals surface area contributed by atoms with Crippen LogP contribution in [-0.4, -0.2) is 42.3 Å². The first-order chi connectivity index (χ1) is 6.32. The summed E-state index contributed by atoms with van der Waals surface area (Å²) >= 11 is 0. The maximum absolute atomic E-state index is 12.6. The summed E-state index contributed by atoms with van der Waals surface area (Å²) in [4.78, 5) is 10.1. The predicted octanol–water partition coefficient (Wildman–Crippen LogP) is 0.473. The standard InChI is InChI=1S/C8H13F2NO3/c1-7(14-2)3-5(7)11-4-8(9,10)6(12)13/h5,11H,3-4H2,1-2H3,(H,12,13)/t5-,7+/m1/s1. The fraction of sp³-hybridized carbons (Fsp3) is 0.875. The topological polar surface area (TPSA) is 58.6 Å². The molecule has 82 valence electrons. The van der Waals surface area contributed by atoms with E-state index < -0.39 is 24.0 Å². The van der Waals surface area contributed by atoms with Crippen molar-refractivity contribution in [2.75, 3.05) is 13.7 Å². The van der Waals surface area contributed by atoms with Gasteiger partial charge in [-0.2, -0.15) is 8.78 Å². The summed E-state index contributed by atoms with van der Waals surface area (Å²) in [5.41, 5.74) is -0.422. The highest BCUT2D eigenvalue weighted by molar-refractivity contribution is 5.75. The van der Waals surface area contributed by atoms with Gasteiger partial charge in [0, 0.05) is 13.2 Å². The first-order valence-corrected chi connectivity index (χ1v) is 4.21. The molecule has 4 nitrogen and oxygen atoms in total. The Morgan fingerprint density at radius 3 is 2.71 bits per heavy atom. The molecule has 0 aromatic rings. The van der Waals surface area contributed by atoms with Gasteiger partial charge >= 0.3 is 11.9 Å². The zero-order chi connectivity index (χ0) is 11.0. The van der Waals surface area contributed by atoms with E-state index in [1.54, 1.807) is 6.92 Å². The molecule has 0 spiro atoms. The molecule has 1 saturated carbocycles. The van der Waals surface area contributed by atoms with Crippen LogP contribution in [-0.2, 0) is 9.53 Å². The fourth-order valence-electron chi connectivity index (χ4n) is 1.19. The maximum atomic E-state index is 12.6. The Bertz CT molecular complexity index is 247. The molecule has 0 heterocycles. The highest BCUT2D eigenvalue weighted by atomic mass is 19.3. The monoisotopic (exact) mass is 209 g/mol. The number of hydrogen-bond acceptors (Lipinski definition) is 3. The van der Waals surface area contributed by atoms with Crippen LogP contribution in [0.1, 0.15) is 13.3 Å². The van der Waals surface area contributed by atoms with Crippen LogP contribution in [0.25, 0.3) is 0 Å². The zero-order valence-electron chi connectivity index (χ0n) is 8.01. The van der Waals surface area contributed by atoms with E-state index in [0.717, 1.165) is 0 Å². The normalized spacial score (nSPS) is 31.6. The molecule has 1 rings (SSSR count). The molecular weight excluding hydrogens is 196 g/mol. The Balaban J connectivity index is 2.33. The van der Waals surface area contributed by atoms with Crippen LogP contribution in [0.3, 0.4) is 0 Å². The predicted molar refractivity (Wildman–Crippen MR) is 44.4 cm³/mol. The van der Waals surface area contributed by atoms with Gasteiger partial charge in [-0.15, -0.1) is 0 Å². The molecule has 0 saturated heterocycles. The van der Waals surface area contributed by atoms with Gasteiger partial charge in [-0.3, -0.25) is 0 Å². The highest BCUT2D eigenvalue weighted by Crippen LogP contribution is 2.38. The Labute approximate surface area is 80.2 Å². The van der Waals surface area contributed by atoms with Gasteiger partial charge in [-0.25, -0.2) is 4.79 Å². The van der Waals surface area contributed by atoms with Gasteiger partial charge in [0.2, 0.25) is 0 Å². The van der Waals surface area contributed by atoms with Crippen LogP contribution in [0.2, 0.25) is 0 Å². The van der Waals surface area contributed by atoms with E-state index >= 15 is 0 Å². The van der Waals surface area contributed by atoms with Crippen molar-refractivity contribution >= 4 is 5.97 Å². The van der Waals surface area contributed by atoms with Crippen molar-refractivity contribution in [2.45, 2.75) is 30.9 Å². The quantitative estimate of drug-likeness (QED) is 0.691. The molecule has 6 heteroatoms. The first kappa shape index (κ1) is 11.3. The third-order valence-electron chi connectivity index (χ3n) is 2.54. The van der Waals surface area contributed by atoms with Crippen molar-refractivity contribution in [3.8, 4) is 0 Å². The second-order valence-electron chi connectivity index (χ2n) is 3.66. The summed E-state index contributed by atoms with van der Waals surface area (Å²) in [6, 6.07) is -0.183. The molecule has 0 aromatic carbocycles. The second-order valence-corrected chi connectivity index (χ2v) is 3.66. The van der Waals surface area contributed by atoms with Gasteiger partial charge in [0.05, 0.1) is 12.1 Å².